The first kappa shape index (κ1) is 14.3. The molecule has 0 amide bonds. The van der Waals surface area contributed by atoms with E-state index in [9.17, 15) is 0 Å². The highest BCUT2D eigenvalue weighted by molar-refractivity contribution is 4.95. The summed E-state index contributed by atoms with van der Waals surface area (Å²) < 4.78 is 0. The molecule has 1 heterocycles. The standard InChI is InChI=1S/C15H31N3/c1-5-16-13-8-6-7-9-14(13)18-10-12(2)15(11-18)17(3)4/h12-16H,5-11H2,1-4H3. The lowest BCUT2D eigenvalue weighted by molar-refractivity contribution is 0.139. The molecule has 0 radical (unpaired) electrons. The summed E-state index contributed by atoms with van der Waals surface area (Å²) in [7, 11) is 4.46. The molecule has 1 saturated heterocycles. The molecular formula is C15H31N3. The molecule has 1 saturated carbocycles. The molecule has 0 aromatic carbocycles. The second-order valence-electron chi connectivity index (χ2n) is 6.48. The minimum absolute atomic E-state index is 0.733. The van der Waals surface area contributed by atoms with Gasteiger partial charge in [0.15, 0.2) is 0 Å². The zero-order valence-electron chi connectivity index (χ0n) is 12.7. The topological polar surface area (TPSA) is 18.5 Å². The highest BCUT2D eigenvalue weighted by Gasteiger charge is 2.38. The quantitative estimate of drug-likeness (QED) is 0.824. The lowest BCUT2D eigenvalue weighted by Crippen LogP contribution is -2.51. The van der Waals surface area contributed by atoms with Gasteiger partial charge in [-0.1, -0.05) is 26.7 Å². The van der Waals surface area contributed by atoms with Gasteiger partial charge >= 0.3 is 0 Å². The minimum atomic E-state index is 0.733. The molecule has 0 aromatic heterocycles. The van der Waals surface area contributed by atoms with Gasteiger partial charge in [-0.3, -0.25) is 4.90 Å². The largest absolute Gasteiger partial charge is 0.313 e. The van der Waals surface area contributed by atoms with Crippen molar-refractivity contribution in [3.63, 3.8) is 0 Å². The molecule has 2 rings (SSSR count). The van der Waals surface area contributed by atoms with Crippen LogP contribution in [0.25, 0.3) is 0 Å². The molecule has 1 aliphatic carbocycles. The van der Waals surface area contributed by atoms with Gasteiger partial charge in [-0.2, -0.15) is 0 Å². The number of hydrogen-bond acceptors (Lipinski definition) is 3. The van der Waals surface area contributed by atoms with E-state index in [0.717, 1.165) is 30.6 Å². The molecule has 1 N–H and O–H groups in total. The first-order valence-corrected chi connectivity index (χ1v) is 7.77. The molecule has 0 bridgehead atoms. The van der Waals surface area contributed by atoms with Crippen LogP contribution in [0.4, 0.5) is 0 Å². The van der Waals surface area contributed by atoms with Crippen LogP contribution in [0.3, 0.4) is 0 Å². The molecule has 3 heteroatoms. The van der Waals surface area contributed by atoms with Crippen LogP contribution in [0.1, 0.15) is 39.5 Å². The number of nitrogens with zero attached hydrogens (tertiary/aromatic N) is 2. The van der Waals surface area contributed by atoms with E-state index in [0.29, 0.717) is 0 Å². The molecule has 1 aliphatic heterocycles. The van der Waals surface area contributed by atoms with Crippen molar-refractivity contribution in [2.24, 2.45) is 5.92 Å². The van der Waals surface area contributed by atoms with E-state index in [-0.39, 0.29) is 0 Å². The Balaban J connectivity index is 1.97. The molecule has 18 heavy (non-hydrogen) atoms. The lowest BCUT2D eigenvalue weighted by atomic mass is 9.89. The first-order valence-electron chi connectivity index (χ1n) is 7.77. The fourth-order valence-corrected chi connectivity index (χ4v) is 3.98. The van der Waals surface area contributed by atoms with E-state index in [1.54, 1.807) is 0 Å². The fourth-order valence-electron chi connectivity index (χ4n) is 3.98. The van der Waals surface area contributed by atoms with Gasteiger partial charge in [0.25, 0.3) is 0 Å². The SMILES string of the molecule is CCNC1CCCCC1N1CC(C)C(N(C)C)C1. The molecule has 0 aromatic rings. The van der Waals surface area contributed by atoms with Gasteiger partial charge in [-0.25, -0.2) is 0 Å². The van der Waals surface area contributed by atoms with Gasteiger partial charge in [0, 0.05) is 31.2 Å². The van der Waals surface area contributed by atoms with Crippen molar-refractivity contribution in [2.75, 3.05) is 33.7 Å². The van der Waals surface area contributed by atoms with E-state index >= 15 is 0 Å². The summed E-state index contributed by atoms with van der Waals surface area (Å²) >= 11 is 0. The Kier molecular flexibility index (Phi) is 5.05. The fraction of sp³-hybridized carbons (Fsp3) is 1.00. The first-order chi connectivity index (χ1) is 8.63. The van der Waals surface area contributed by atoms with Crippen molar-refractivity contribution >= 4 is 0 Å². The number of nitrogens with one attached hydrogen (secondary N) is 1. The number of rotatable bonds is 4. The van der Waals surface area contributed by atoms with E-state index in [4.69, 9.17) is 0 Å². The maximum Gasteiger partial charge on any atom is 0.0254 e. The van der Waals surface area contributed by atoms with Gasteiger partial charge < -0.3 is 10.2 Å². The highest BCUT2D eigenvalue weighted by atomic mass is 15.3. The van der Waals surface area contributed by atoms with E-state index in [1.807, 2.05) is 0 Å². The monoisotopic (exact) mass is 253 g/mol. The molecule has 2 aliphatic rings. The van der Waals surface area contributed by atoms with Gasteiger partial charge in [0.2, 0.25) is 0 Å². The zero-order chi connectivity index (χ0) is 13.1. The van der Waals surface area contributed by atoms with Gasteiger partial charge in [0.05, 0.1) is 0 Å². The van der Waals surface area contributed by atoms with Crippen LogP contribution in [0.5, 0.6) is 0 Å². The van der Waals surface area contributed by atoms with Crippen molar-refractivity contribution in [1.29, 1.82) is 0 Å². The summed E-state index contributed by atoms with van der Waals surface area (Å²) in [4.78, 5) is 5.18. The second-order valence-corrected chi connectivity index (χ2v) is 6.48. The summed E-state index contributed by atoms with van der Waals surface area (Å²) in [6.07, 6.45) is 5.60. The predicted octanol–water partition coefficient (Wildman–Crippen LogP) is 1.79. The molecule has 4 unspecified atom stereocenters. The molecule has 3 nitrogen and oxygen atoms in total. The third-order valence-electron chi connectivity index (χ3n) is 4.93. The zero-order valence-corrected chi connectivity index (χ0v) is 12.7. The Morgan fingerprint density at radius 3 is 2.50 bits per heavy atom. The number of likely N-dealkylation sites (N-methyl/N-ethyl adjacent to an activating group) is 2. The van der Waals surface area contributed by atoms with Crippen molar-refractivity contribution in [2.45, 2.75) is 57.7 Å². The smallest absolute Gasteiger partial charge is 0.0254 e. The Bertz CT molecular complexity index is 252. The number of hydrogen-bond donors (Lipinski definition) is 1. The summed E-state index contributed by atoms with van der Waals surface area (Å²) in [5, 5.41) is 3.72. The average molecular weight is 253 g/mol. The Labute approximate surface area is 113 Å². The second kappa shape index (κ2) is 6.36. The van der Waals surface area contributed by atoms with Crippen molar-refractivity contribution in [3.8, 4) is 0 Å². The Hall–Kier alpha value is -0.120. The van der Waals surface area contributed by atoms with E-state index < -0.39 is 0 Å². The van der Waals surface area contributed by atoms with Crippen LogP contribution in [0.2, 0.25) is 0 Å². The normalized spacial score (nSPS) is 38.5. The lowest BCUT2D eigenvalue weighted by Gasteiger charge is -2.38. The van der Waals surface area contributed by atoms with E-state index in [1.165, 1.54) is 38.8 Å². The van der Waals surface area contributed by atoms with Crippen LogP contribution in [-0.4, -0.2) is 61.7 Å². The summed E-state index contributed by atoms with van der Waals surface area (Å²) in [5.74, 6) is 0.809. The summed E-state index contributed by atoms with van der Waals surface area (Å²) in [6.45, 7) is 8.31. The predicted molar refractivity (Wildman–Crippen MR) is 77.9 cm³/mol. The van der Waals surface area contributed by atoms with Crippen molar-refractivity contribution < 1.29 is 0 Å². The maximum atomic E-state index is 3.72. The van der Waals surface area contributed by atoms with Gasteiger partial charge in [-0.05, 0) is 39.4 Å². The maximum absolute atomic E-state index is 3.72. The van der Waals surface area contributed by atoms with Crippen LogP contribution >= 0.6 is 0 Å². The molecule has 106 valence electrons. The summed E-state index contributed by atoms with van der Waals surface area (Å²) in [5.41, 5.74) is 0. The molecule has 0 spiro atoms. The van der Waals surface area contributed by atoms with Crippen LogP contribution in [0, 0.1) is 5.92 Å². The molecular weight excluding hydrogens is 222 g/mol. The van der Waals surface area contributed by atoms with Crippen molar-refractivity contribution in [3.05, 3.63) is 0 Å². The van der Waals surface area contributed by atoms with Gasteiger partial charge in [0.1, 0.15) is 0 Å². The number of likely N-dealkylation sites (tertiary alicyclic amines) is 1. The van der Waals surface area contributed by atoms with Crippen LogP contribution < -0.4 is 5.32 Å². The van der Waals surface area contributed by atoms with Crippen LogP contribution in [-0.2, 0) is 0 Å². The highest BCUT2D eigenvalue weighted by Crippen LogP contribution is 2.29. The van der Waals surface area contributed by atoms with Gasteiger partial charge in [-0.15, -0.1) is 0 Å². The minimum Gasteiger partial charge on any atom is -0.313 e. The molecule has 2 fully saturated rings. The Morgan fingerprint density at radius 2 is 1.89 bits per heavy atom. The Morgan fingerprint density at radius 1 is 1.17 bits per heavy atom. The third kappa shape index (κ3) is 3.06. The van der Waals surface area contributed by atoms with E-state index in [2.05, 4.69) is 43.1 Å². The third-order valence-corrected chi connectivity index (χ3v) is 4.93. The average Bonchev–Trinajstić information content (AvgIpc) is 2.72. The molecule has 4 atom stereocenters. The summed E-state index contributed by atoms with van der Waals surface area (Å²) in [6, 6.07) is 2.26. The van der Waals surface area contributed by atoms with Crippen molar-refractivity contribution in [1.82, 2.24) is 15.1 Å². The van der Waals surface area contributed by atoms with Crippen LogP contribution in [0.15, 0.2) is 0 Å².